The van der Waals surface area contributed by atoms with Gasteiger partial charge in [-0.05, 0) is 47.9 Å². The summed E-state index contributed by atoms with van der Waals surface area (Å²) < 4.78 is 11.7. The van der Waals surface area contributed by atoms with E-state index in [9.17, 15) is 19.5 Å². The molecule has 0 aliphatic carbocycles. The van der Waals surface area contributed by atoms with Crippen molar-refractivity contribution in [3.63, 3.8) is 0 Å². The fraction of sp³-hybridized carbons (Fsp3) is 0.359. The lowest BCUT2D eigenvalue weighted by Gasteiger charge is -2.36. The summed E-state index contributed by atoms with van der Waals surface area (Å²) in [5.41, 5.74) is 4.14. The number of esters is 1. The molecule has 47 heavy (non-hydrogen) atoms. The molecule has 1 aliphatic rings. The Morgan fingerprint density at radius 2 is 1.47 bits per heavy atom. The van der Waals surface area contributed by atoms with Crippen LogP contribution in [0.2, 0.25) is 0 Å². The highest BCUT2D eigenvalue weighted by atomic mass is 16.5. The maximum absolute atomic E-state index is 13.7. The van der Waals surface area contributed by atoms with Crippen LogP contribution in [0.5, 0.6) is 0 Å². The van der Waals surface area contributed by atoms with Crippen molar-refractivity contribution in [2.45, 2.75) is 57.3 Å². The summed E-state index contributed by atoms with van der Waals surface area (Å²) in [5.74, 6) is -2.06. The van der Waals surface area contributed by atoms with Gasteiger partial charge in [0.05, 0.1) is 43.7 Å². The van der Waals surface area contributed by atoms with Crippen LogP contribution in [0.3, 0.4) is 0 Å². The quantitative estimate of drug-likeness (QED) is 0.147. The van der Waals surface area contributed by atoms with Gasteiger partial charge in [-0.3, -0.25) is 14.4 Å². The Bertz CT molecular complexity index is 1460. The lowest BCUT2D eigenvalue weighted by Crippen LogP contribution is -2.49. The van der Waals surface area contributed by atoms with E-state index in [1.54, 1.807) is 17.1 Å². The van der Waals surface area contributed by atoms with Gasteiger partial charge in [-0.25, -0.2) is 0 Å². The lowest BCUT2D eigenvalue weighted by molar-refractivity contribution is -0.150. The Morgan fingerprint density at radius 1 is 0.851 bits per heavy atom. The molecule has 1 heterocycles. The van der Waals surface area contributed by atoms with Crippen molar-refractivity contribution in [1.82, 2.24) is 10.2 Å². The smallest absolute Gasteiger partial charge is 0.309 e. The van der Waals surface area contributed by atoms with Gasteiger partial charge in [0.15, 0.2) is 0 Å². The molecule has 0 aromatic heterocycles. The van der Waals surface area contributed by atoms with Gasteiger partial charge in [0.25, 0.3) is 0 Å². The third kappa shape index (κ3) is 10.8. The zero-order valence-electron chi connectivity index (χ0n) is 27.0. The second-order valence-corrected chi connectivity index (χ2v) is 12.0. The van der Waals surface area contributed by atoms with Crippen molar-refractivity contribution in [2.24, 2.45) is 11.8 Å². The summed E-state index contributed by atoms with van der Waals surface area (Å²) in [6, 6.07) is 26.3. The number of nitrogens with one attached hydrogen (secondary N) is 1. The normalized spacial score (nSPS) is 15.9. The summed E-state index contributed by atoms with van der Waals surface area (Å²) >= 11 is 0. The number of amides is 2. The molecule has 0 bridgehead atoms. The molecule has 0 radical (unpaired) electrons. The first kappa shape index (κ1) is 35.3. The van der Waals surface area contributed by atoms with Crippen LogP contribution in [0.15, 0.2) is 110 Å². The fourth-order valence-corrected chi connectivity index (χ4v) is 5.86. The van der Waals surface area contributed by atoms with E-state index in [1.165, 1.54) is 0 Å². The van der Waals surface area contributed by atoms with Crippen molar-refractivity contribution in [3.8, 4) is 0 Å². The Morgan fingerprint density at radius 3 is 2.13 bits per heavy atom. The maximum Gasteiger partial charge on any atom is 0.309 e. The van der Waals surface area contributed by atoms with Crippen LogP contribution in [0, 0.1) is 11.8 Å². The van der Waals surface area contributed by atoms with Crippen LogP contribution in [0.25, 0.3) is 0 Å². The molecule has 2 amide bonds. The molecule has 0 fully saturated rings. The minimum atomic E-state index is -0.699. The average Bonchev–Trinajstić information content (AvgIpc) is 3.10. The van der Waals surface area contributed by atoms with Crippen LogP contribution >= 0.6 is 0 Å². The summed E-state index contributed by atoms with van der Waals surface area (Å²) in [6.07, 6.45) is 5.07. The molecular formula is C39H46N2O6. The van der Waals surface area contributed by atoms with Crippen molar-refractivity contribution in [1.29, 1.82) is 0 Å². The number of carbonyl (C=O) groups is 3. The fourth-order valence-electron chi connectivity index (χ4n) is 5.86. The largest absolute Gasteiger partial charge is 0.463 e. The number of nitrogens with zero attached hydrogens (tertiary/aromatic N) is 1. The highest BCUT2D eigenvalue weighted by molar-refractivity contribution is 5.86. The van der Waals surface area contributed by atoms with Gasteiger partial charge in [0.2, 0.25) is 11.8 Å². The molecular weight excluding hydrogens is 592 g/mol. The van der Waals surface area contributed by atoms with Crippen molar-refractivity contribution in [2.75, 3.05) is 19.8 Å². The number of hydrogen-bond acceptors (Lipinski definition) is 6. The third-order valence-corrected chi connectivity index (χ3v) is 8.44. The lowest BCUT2D eigenvalue weighted by atomic mass is 9.92. The Labute approximate surface area is 278 Å². The number of rotatable bonds is 18. The van der Waals surface area contributed by atoms with Crippen LogP contribution in [0.4, 0.5) is 0 Å². The predicted octanol–water partition coefficient (Wildman–Crippen LogP) is 5.19. The number of fused-ring (bicyclic) bond motifs is 1. The first-order chi connectivity index (χ1) is 22.9. The van der Waals surface area contributed by atoms with Crippen LogP contribution in [-0.2, 0) is 49.9 Å². The highest BCUT2D eigenvalue weighted by Gasteiger charge is 2.32. The van der Waals surface area contributed by atoms with Crippen LogP contribution < -0.4 is 5.32 Å². The van der Waals surface area contributed by atoms with Crippen molar-refractivity contribution >= 4 is 17.8 Å². The van der Waals surface area contributed by atoms with Crippen molar-refractivity contribution in [3.05, 3.63) is 132 Å². The topological polar surface area (TPSA) is 105 Å². The minimum Gasteiger partial charge on any atom is -0.463 e. The molecule has 4 unspecified atom stereocenters. The molecule has 4 atom stereocenters. The molecule has 8 nitrogen and oxygen atoms in total. The molecule has 0 spiro atoms. The van der Waals surface area contributed by atoms with Gasteiger partial charge in [-0.1, -0.05) is 97.1 Å². The molecule has 1 aliphatic heterocycles. The van der Waals surface area contributed by atoms with E-state index in [-0.39, 0.29) is 56.5 Å². The summed E-state index contributed by atoms with van der Waals surface area (Å²) in [7, 11) is 0. The molecule has 248 valence electrons. The van der Waals surface area contributed by atoms with E-state index < -0.39 is 17.9 Å². The predicted molar refractivity (Wildman–Crippen MR) is 182 cm³/mol. The molecule has 0 saturated carbocycles. The number of allylic oxidation sites excluding steroid dienone is 2. The van der Waals surface area contributed by atoms with E-state index in [0.29, 0.717) is 32.4 Å². The van der Waals surface area contributed by atoms with Gasteiger partial charge < -0.3 is 24.8 Å². The Hall–Kier alpha value is -4.53. The van der Waals surface area contributed by atoms with E-state index in [1.807, 2.05) is 84.9 Å². The number of aliphatic hydroxyl groups is 1. The Balaban J connectivity index is 1.42. The second kappa shape index (κ2) is 18.6. The number of hydrogen-bond donors (Lipinski definition) is 2. The van der Waals surface area contributed by atoms with Crippen LogP contribution in [-0.4, -0.2) is 59.7 Å². The molecule has 0 saturated heterocycles. The van der Waals surface area contributed by atoms with E-state index in [4.69, 9.17) is 9.47 Å². The zero-order chi connectivity index (χ0) is 33.4. The average molecular weight is 639 g/mol. The summed E-state index contributed by atoms with van der Waals surface area (Å²) in [4.78, 5) is 42.1. The summed E-state index contributed by atoms with van der Waals surface area (Å²) in [5, 5.41) is 13.1. The zero-order valence-corrected chi connectivity index (χ0v) is 27.0. The third-order valence-electron chi connectivity index (χ3n) is 8.44. The highest BCUT2D eigenvalue weighted by Crippen LogP contribution is 2.25. The van der Waals surface area contributed by atoms with Gasteiger partial charge >= 0.3 is 5.97 Å². The first-order valence-corrected chi connectivity index (χ1v) is 16.2. The minimum absolute atomic E-state index is 0.0492. The van der Waals surface area contributed by atoms with Gasteiger partial charge in [0.1, 0.15) is 6.61 Å². The Kier molecular flexibility index (Phi) is 14.0. The maximum atomic E-state index is 13.7. The number of benzene rings is 3. The standard InChI is InChI=1S/C39H46N2O6/c1-3-13-32(23-37(43)41-24-34-20-12-11-19-31(34)22-36(41)25-42)38(44)40-35(27-46-26-30-17-9-6-10-18-30)28-47-39(45)33(14-4-2)21-29-15-7-5-8-16-29/h3-12,15-20,32-33,35-36,42H,1-2,13-14,21-28H2,(H,40,44). The molecule has 4 rings (SSSR count). The molecule has 3 aromatic rings. The SMILES string of the molecule is C=CCC(CC(=O)N1Cc2ccccc2CC1CO)C(=O)NC(COCc1ccccc1)COC(=O)C(CC=C)Cc1ccccc1. The number of carbonyl (C=O) groups excluding carboxylic acids is 3. The van der Waals surface area contributed by atoms with Gasteiger partial charge in [-0.2, -0.15) is 0 Å². The first-order valence-electron chi connectivity index (χ1n) is 16.2. The van der Waals surface area contributed by atoms with E-state index in [0.717, 1.165) is 22.3 Å². The summed E-state index contributed by atoms with van der Waals surface area (Å²) in [6.45, 7) is 8.16. The van der Waals surface area contributed by atoms with Crippen LogP contribution in [0.1, 0.15) is 41.5 Å². The molecule has 2 N–H and O–H groups in total. The van der Waals surface area contributed by atoms with Gasteiger partial charge in [-0.15, -0.1) is 13.2 Å². The molecule has 8 heteroatoms. The van der Waals surface area contributed by atoms with Crippen molar-refractivity contribution < 1.29 is 29.0 Å². The second-order valence-electron chi connectivity index (χ2n) is 12.0. The monoisotopic (exact) mass is 638 g/mol. The van der Waals surface area contributed by atoms with E-state index in [2.05, 4.69) is 18.5 Å². The number of ether oxygens (including phenoxy) is 2. The molecule has 3 aromatic carbocycles. The van der Waals surface area contributed by atoms with Gasteiger partial charge in [0, 0.05) is 13.0 Å². The number of aliphatic hydroxyl groups excluding tert-OH is 1. The van der Waals surface area contributed by atoms with E-state index >= 15 is 0 Å².